The van der Waals surface area contributed by atoms with Gasteiger partial charge in [-0.05, 0) is 42.7 Å². The first kappa shape index (κ1) is 17.7. The van der Waals surface area contributed by atoms with Crippen molar-refractivity contribution in [3.63, 3.8) is 0 Å². The normalized spacial score (nSPS) is 13.0. The molecule has 6 nitrogen and oxygen atoms in total. The first-order valence-corrected chi connectivity index (χ1v) is 7.53. The average molecular weight is 328 g/mol. The van der Waals surface area contributed by atoms with Gasteiger partial charge < -0.3 is 10.4 Å². The van der Waals surface area contributed by atoms with Crippen molar-refractivity contribution in [2.75, 3.05) is 0 Å². The molecule has 0 fully saturated rings. The lowest BCUT2D eigenvalue weighted by Gasteiger charge is -2.19. The van der Waals surface area contributed by atoms with Crippen LogP contribution in [0.1, 0.15) is 22.8 Å². The summed E-state index contributed by atoms with van der Waals surface area (Å²) in [5.41, 5.74) is 4.96. The van der Waals surface area contributed by atoms with Crippen molar-refractivity contribution in [1.82, 2.24) is 10.8 Å². The minimum absolute atomic E-state index is 0.351. The van der Waals surface area contributed by atoms with E-state index in [9.17, 15) is 14.7 Å². The third-order valence-electron chi connectivity index (χ3n) is 3.76. The van der Waals surface area contributed by atoms with Crippen LogP contribution in [0.2, 0.25) is 0 Å². The van der Waals surface area contributed by atoms with Crippen LogP contribution in [0.4, 0.5) is 0 Å². The molecular weight excluding hydrogens is 308 g/mol. The van der Waals surface area contributed by atoms with Crippen molar-refractivity contribution >= 4 is 11.8 Å². The Kier molecular flexibility index (Phi) is 5.68. The molecule has 2 atom stereocenters. The van der Waals surface area contributed by atoms with Gasteiger partial charge in [0.2, 0.25) is 0 Å². The van der Waals surface area contributed by atoms with Crippen LogP contribution in [-0.4, -0.2) is 34.3 Å². The number of aryl methyl sites for hydroxylation is 1. The quantitative estimate of drug-likeness (QED) is 0.495. The third-order valence-corrected chi connectivity index (χ3v) is 3.76. The maximum absolute atomic E-state index is 12.2. The van der Waals surface area contributed by atoms with Crippen molar-refractivity contribution in [2.24, 2.45) is 0 Å². The van der Waals surface area contributed by atoms with Crippen LogP contribution in [0.15, 0.2) is 48.5 Å². The molecule has 2 aromatic rings. The van der Waals surface area contributed by atoms with E-state index in [-0.39, 0.29) is 0 Å². The van der Waals surface area contributed by atoms with Gasteiger partial charge in [0.25, 0.3) is 11.8 Å². The Morgan fingerprint density at radius 2 is 1.67 bits per heavy atom. The zero-order valence-corrected chi connectivity index (χ0v) is 13.5. The zero-order chi connectivity index (χ0) is 17.7. The molecule has 6 heteroatoms. The van der Waals surface area contributed by atoms with E-state index in [0.29, 0.717) is 5.56 Å². The Morgan fingerprint density at radius 1 is 1.04 bits per heavy atom. The fourth-order valence-corrected chi connectivity index (χ4v) is 2.40. The fourth-order valence-electron chi connectivity index (χ4n) is 2.40. The molecule has 0 aliphatic carbocycles. The van der Waals surface area contributed by atoms with Gasteiger partial charge in [-0.25, -0.2) is 5.48 Å². The predicted octanol–water partition coefficient (Wildman–Crippen LogP) is 1.65. The molecule has 0 aliphatic heterocycles. The number of rotatable bonds is 5. The van der Waals surface area contributed by atoms with Crippen LogP contribution in [0.25, 0.3) is 11.1 Å². The molecule has 24 heavy (non-hydrogen) atoms. The Morgan fingerprint density at radius 3 is 2.21 bits per heavy atom. The lowest BCUT2D eigenvalue weighted by molar-refractivity contribution is -0.133. The second kappa shape index (κ2) is 7.72. The van der Waals surface area contributed by atoms with E-state index in [1.54, 1.807) is 12.1 Å². The molecule has 0 aliphatic rings. The molecule has 0 saturated heterocycles. The first-order valence-electron chi connectivity index (χ1n) is 7.53. The Bertz CT molecular complexity index is 726. The van der Waals surface area contributed by atoms with Crippen LogP contribution in [0, 0.1) is 6.92 Å². The number of nitrogens with one attached hydrogen (secondary N) is 2. The van der Waals surface area contributed by atoms with E-state index < -0.39 is 24.0 Å². The molecule has 0 aromatic heterocycles. The van der Waals surface area contributed by atoms with Crippen LogP contribution in [0.5, 0.6) is 0 Å². The number of amides is 2. The largest absolute Gasteiger partial charge is 0.391 e. The number of aliphatic hydroxyl groups excluding tert-OH is 1. The number of aliphatic hydroxyl groups is 1. The number of hydroxylamine groups is 1. The van der Waals surface area contributed by atoms with Crippen LogP contribution in [-0.2, 0) is 4.79 Å². The van der Waals surface area contributed by atoms with Crippen LogP contribution >= 0.6 is 0 Å². The van der Waals surface area contributed by atoms with Crippen LogP contribution < -0.4 is 10.8 Å². The zero-order valence-electron chi connectivity index (χ0n) is 13.5. The molecule has 0 saturated carbocycles. The number of benzene rings is 2. The molecule has 126 valence electrons. The Hall–Kier alpha value is -2.70. The summed E-state index contributed by atoms with van der Waals surface area (Å²) in [5, 5.41) is 20.6. The molecule has 0 radical (unpaired) electrons. The molecule has 2 aromatic carbocycles. The van der Waals surface area contributed by atoms with Crippen LogP contribution in [0.3, 0.4) is 0 Å². The summed E-state index contributed by atoms with van der Waals surface area (Å²) in [4.78, 5) is 23.7. The lowest BCUT2D eigenvalue weighted by Crippen LogP contribution is -2.51. The van der Waals surface area contributed by atoms with Crippen molar-refractivity contribution in [2.45, 2.75) is 26.0 Å². The van der Waals surface area contributed by atoms with E-state index in [1.807, 2.05) is 43.3 Å². The van der Waals surface area contributed by atoms with Crippen molar-refractivity contribution in [1.29, 1.82) is 0 Å². The second-order valence-electron chi connectivity index (χ2n) is 5.56. The van der Waals surface area contributed by atoms with Gasteiger partial charge in [0, 0.05) is 5.56 Å². The van der Waals surface area contributed by atoms with Gasteiger partial charge in [-0.3, -0.25) is 14.8 Å². The number of hydrogen-bond acceptors (Lipinski definition) is 4. The van der Waals surface area contributed by atoms with Crippen molar-refractivity contribution in [3.8, 4) is 11.1 Å². The smallest absolute Gasteiger partial charge is 0.268 e. The minimum Gasteiger partial charge on any atom is -0.391 e. The molecule has 0 spiro atoms. The summed E-state index contributed by atoms with van der Waals surface area (Å²) in [5.74, 6) is -1.39. The molecule has 0 bridgehead atoms. The van der Waals surface area contributed by atoms with Crippen molar-refractivity contribution in [3.05, 3.63) is 59.7 Å². The van der Waals surface area contributed by atoms with E-state index in [4.69, 9.17) is 5.21 Å². The summed E-state index contributed by atoms with van der Waals surface area (Å²) in [6.45, 7) is 3.36. The predicted molar refractivity (Wildman–Crippen MR) is 89.5 cm³/mol. The third kappa shape index (κ3) is 3.98. The minimum atomic E-state index is -1.24. The summed E-state index contributed by atoms with van der Waals surface area (Å²) in [7, 11) is 0. The maximum Gasteiger partial charge on any atom is 0.268 e. The second-order valence-corrected chi connectivity index (χ2v) is 5.56. The van der Waals surface area contributed by atoms with E-state index in [2.05, 4.69) is 5.32 Å². The summed E-state index contributed by atoms with van der Waals surface area (Å²) in [6, 6.07) is 13.6. The molecular formula is C18H20N2O4. The first-order chi connectivity index (χ1) is 11.4. The highest BCUT2D eigenvalue weighted by atomic mass is 16.5. The lowest BCUT2D eigenvalue weighted by atomic mass is 9.99. The summed E-state index contributed by atoms with van der Waals surface area (Å²) in [6.07, 6.45) is -1.15. The number of carbonyl (C=O) groups excluding carboxylic acids is 2. The number of hydrogen-bond donors (Lipinski definition) is 4. The van der Waals surface area contributed by atoms with Gasteiger partial charge in [-0.2, -0.15) is 0 Å². The molecule has 0 heterocycles. The SMILES string of the molecule is Cc1ccccc1-c1ccc(C(=O)N[C@H](C(=O)NO)[C@H](C)O)cc1. The van der Waals surface area contributed by atoms with Gasteiger partial charge in [-0.1, -0.05) is 36.4 Å². The topological polar surface area (TPSA) is 98.7 Å². The number of carbonyl (C=O) groups is 2. The van der Waals surface area contributed by atoms with E-state index in [1.165, 1.54) is 12.4 Å². The Balaban J connectivity index is 2.17. The summed E-state index contributed by atoms with van der Waals surface area (Å²) < 4.78 is 0. The standard InChI is InChI=1S/C18H20N2O4/c1-11-5-3-4-6-15(11)13-7-9-14(10-8-13)17(22)19-16(12(2)21)18(23)20-24/h3-10,12,16,21,24H,1-2H3,(H,19,22)(H,20,23)/t12-,16-/m0/s1. The highest BCUT2D eigenvalue weighted by molar-refractivity contribution is 5.98. The average Bonchev–Trinajstić information content (AvgIpc) is 2.59. The van der Waals surface area contributed by atoms with Crippen molar-refractivity contribution < 1.29 is 19.9 Å². The molecule has 2 rings (SSSR count). The van der Waals surface area contributed by atoms with Gasteiger partial charge >= 0.3 is 0 Å². The maximum atomic E-state index is 12.2. The highest BCUT2D eigenvalue weighted by Crippen LogP contribution is 2.23. The molecule has 2 amide bonds. The highest BCUT2D eigenvalue weighted by Gasteiger charge is 2.25. The fraction of sp³-hybridized carbons (Fsp3) is 0.222. The van der Waals surface area contributed by atoms with Gasteiger partial charge in [0.15, 0.2) is 0 Å². The summed E-state index contributed by atoms with van der Waals surface area (Å²) >= 11 is 0. The molecule has 4 N–H and O–H groups in total. The van der Waals surface area contributed by atoms with E-state index >= 15 is 0 Å². The van der Waals surface area contributed by atoms with Gasteiger partial charge in [0.1, 0.15) is 6.04 Å². The van der Waals surface area contributed by atoms with Gasteiger partial charge in [-0.15, -0.1) is 0 Å². The Labute approximate surface area is 140 Å². The monoisotopic (exact) mass is 328 g/mol. The van der Waals surface area contributed by atoms with Gasteiger partial charge in [0.05, 0.1) is 6.10 Å². The molecule has 0 unspecified atom stereocenters. The van der Waals surface area contributed by atoms with E-state index in [0.717, 1.165) is 16.7 Å².